The number of azo groups is 1. The molecule has 6 nitrogen and oxygen atoms in total. The second kappa shape index (κ2) is 6.84. The van der Waals surface area contributed by atoms with Crippen molar-refractivity contribution in [1.29, 1.82) is 0 Å². The summed E-state index contributed by atoms with van der Waals surface area (Å²) in [5, 5.41) is 17.4. The molecular formula is C18H23N3O3S. The van der Waals surface area contributed by atoms with Crippen LogP contribution in [0.2, 0.25) is 0 Å². The fraction of sp³-hybridized carbons (Fsp3) is 0.333. The summed E-state index contributed by atoms with van der Waals surface area (Å²) in [7, 11) is -3.41. The molecule has 0 fully saturated rings. The molecule has 0 radical (unpaired) electrons. The Bertz CT molecular complexity index is 949. The predicted octanol–water partition coefficient (Wildman–Crippen LogP) is 4.50. The van der Waals surface area contributed by atoms with Crippen molar-refractivity contribution in [2.24, 2.45) is 10.2 Å². The summed E-state index contributed by atoms with van der Waals surface area (Å²) in [4.78, 5) is 0.261. The standard InChI is InChI=1S/C18H23N3O3S/c1-10(2)25(23,24)18-9-15(11(3)6-13(18)5)20-21-16-7-12(4)17(22)8-14(16)19/h6-10,22H,19H2,1-5H3/b21-20+. The normalized spacial score (nSPS) is 12.2. The van der Waals surface area contributed by atoms with Crippen molar-refractivity contribution in [2.45, 2.75) is 44.8 Å². The maximum absolute atomic E-state index is 12.5. The monoisotopic (exact) mass is 361 g/mol. The van der Waals surface area contributed by atoms with Crippen LogP contribution in [0, 0.1) is 20.8 Å². The maximum atomic E-state index is 12.5. The summed E-state index contributed by atoms with van der Waals surface area (Å²) in [6, 6.07) is 6.38. The van der Waals surface area contributed by atoms with E-state index in [9.17, 15) is 13.5 Å². The van der Waals surface area contributed by atoms with Gasteiger partial charge in [-0.05, 0) is 63.4 Å². The largest absolute Gasteiger partial charge is 0.508 e. The van der Waals surface area contributed by atoms with Gasteiger partial charge in [0.15, 0.2) is 9.84 Å². The molecule has 0 saturated heterocycles. The van der Waals surface area contributed by atoms with Crippen LogP contribution in [0.25, 0.3) is 0 Å². The average molecular weight is 361 g/mol. The van der Waals surface area contributed by atoms with E-state index < -0.39 is 15.1 Å². The first-order valence-electron chi connectivity index (χ1n) is 7.90. The number of rotatable bonds is 4. The van der Waals surface area contributed by atoms with Gasteiger partial charge in [-0.2, -0.15) is 5.11 Å². The predicted molar refractivity (Wildman–Crippen MR) is 99.7 cm³/mol. The van der Waals surface area contributed by atoms with Gasteiger partial charge in [0.25, 0.3) is 0 Å². The van der Waals surface area contributed by atoms with E-state index in [0.29, 0.717) is 28.2 Å². The SMILES string of the molecule is Cc1cc(/N=N/c2cc(S(=O)(=O)C(C)C)c(C)cc2C)c(N)cc1O. The highest BCUT2D eigenvalue weighted by atomic mass is 32.2. The number of aromatic hydroxyl groups is 1. The van der Waals surface area contributed by atoms with Gasteiger partial charge in [0.1, 0.15) is 11.4 Å². The Morgan fingerprint density at radius 1 is 0.920 bits per heavy atom. The number of phenolic OH excluding ortho intramolecular Hbond substituents is 1. The van der Waals surface area contributed by atoms with Crippen molar-refractivity contribution < 1.29 is 13.5 Å². The van der Waals surface area contributed by atoms with E-state index in [-0.39, 0.29) is 10.6 Å². The summed E-state index contributed by atoms with van der Waals surface area (Å²) < 4.78 is 25.0. The van der Waals surface area contributed by atoms with Gasteiger partial charge >= 0.3 is 0 Å². The molecule has 0 aliphatic rings. The summed E-state index contributed by atoms with van der Waals surface area (Å²) in [6.07, 6.45) is 0. The third-order valence-electron chi connectivity index (χ3n) is 4.03. The van der Waals surface area contributed by atoms with Crippen LogP contribution >= 0.6 is 0 Å². The maximum Gasteiger partial charge on any atom is 0.181 e. The molecule has 0 aromatic heterocycles. The summed E-state index contributed by atoms with van der Waals surface area (Å²) in [6.45, 7) is 8.65. The zero-order chi connectivity index (χ0) is 18.9. The van der Waals surface area contributed by atoms with Gasteiger partial charge in [0.2, 0.25) is 0 Å². The number of aryl methyl sites for hydroxylation is 3. The lowest BCUT2D eigenvalue weighted by atomic mass is 10.1. The van der Waals surface area contributed by atoms with E-state index >= 15 is 0 Å². The van der Waals surface area contributed by atoms with Crippen LogP contribution < -0.4 is 5.73 Å². The average Bonchev–Trinajstić information content (AvgIpc) is 2.50. The molecule has 0 unspecified atom stereocenters. The third-order valence-corrected chi connectivity index (χ3v) is 6.33. The Labute approximate surface area is 148 Å². The number of phenols is 1. The van der Waals surface area contributed by atoms with Crippen LogP contribution in [0.1, 0.15) is 30.5 Å². The molecule has 0 saturated carbocycles. The van der Waals surface area contributed by atoms with Crippen LogP contribution in [0.3, 0.4) is 0 Å². The van der Waals surface area contributed by atoms with Gasteiger partial charge in [-0.15, -0.1) is 5.11 Å². The van der Waals surface area contributed by atoms with E-state index in [1.54, 1.807) is 45.9 Å². The number of hydrogen-bond acceptors (Lipinski definition) is 6. The van der Waals surface area contributed by atoms with Crippen LogP contribution in [-0.2, 0) is 9.84 Å². The second-order valence-corrected chi connectivity index (χ2v) is 8.87. The number of nitrogens with zero attached hydrogens (tertiary/aromatic N) is 2. The summed E-state index contributed by atoms with van der Waals surface area (Å²) in [5.74, 6) is 0.0910. The lowest BCUT2D eigenvalue weighted by Crippen LogP contribution is -2.15. The molecule has 2 aromatic carbocycles. The topological polar surface area (TPSA) is 105 Å². The lowest BCUT2D eigenvalue weighted by Gasteiger charge is -2.12. The number of nitrogens with two attached hydrogens (primary N) is 1. The molecule has 0 bridgehead atoms. The van der Waals surface area contributed by atoms with Crippen molar-refractivity contribution in [3.63, 3.8) is 0 Å². The minimum absolute atomic E-state index is 0.0910. The fourth-order valence-corrected chi connectivity index (χ4v) is 3.67. The minimum atomic E-state index is -3.41. The Balaban J connectivity index is 2.52. The smallest absolute Gasteiger partial charge is 0.181 e. The molecular weight excluding hydrogens is 338 g/mol. The molecule has 3 N–H and O–H groups in total. The number of hydrogen-bond donors (Lipinski definition) is 2. The Kier molecular flexibility index (Phi) is 5.17. The molecule has 0 amide bonds. The first-order valence-corrected chi connectivity index (χ1v) is 9.44. The molecule has 7 heteroatoms. The van der Waals surface area contributed by atoms with E-state index in [4.69, 9.17) is 5.73 Å². The molecule has 2 aromatic rings. The van der Waals surface area contributed by atoms with Crippen molar-refractivity contribution in [1.82, 2.24) is 0 Å². The number of sulfone groups is 1. The molecule has 0 aliphatic carbocycles. The molecule has 0 spiro atoms. The van der Waals surface area contributed by atoms with Gasteiger partial charge < -0.3 is 10.8 Å². The summed E-state index contributed by atoms with van der Waals surface area (Å²) >= 11 is 0. The van der Waals surface area contributed by atoms with Gasteiger partial charge in [-0.3, -0.25) is 0 Å². The van der Waals surface area contributed by atoms with E-state index in [1.807, 2.05) is 6.92 Å². The molecule has 25 heavy (non-hydrogen) atoms. The Morgan fingerprint density at radius 3 is 2.12 bits per heavy atom. The fourth-order valence-electron chi connectivity index (χ4n) is 2.38. The first kappa shape index (κ1) is 18.9. The lowest BCUT2D eigenvalue weighted by molar-refractivity contribution is 0.471. The van der Waals surface area contributed by atoms with E-state index in [2.05, 4.69) is 10.2 Å². The zero-order valence-corrected chi connectivity index (χ0v) is 15.8. The Morgan fingerprint density at radius 2 is 1.52 bits per heavy atom. The highest BCUT2D eigenvalue weighted by Gasteiger charge is 2.22. The van der Waals surface area contributed by atoms with Crippen LogP contribution in [0.5, 0.6) is 5.75 Å². The van der Waals surface area contributed by atoms with Crippen molar-refractivity contribution in [2.75, 3.05) is 5.73 Å². The van der Waals surface area contributed by atoms with Gasteiger partial charge in [0, 0.05) is 6.07 Å². The number of nitrogen functional groups attached to an aromatic ring is 1. The zero-order valence-electron chi connectivity index (χ0n) is 15.0. The first-order chi connectivity index (χ1) is 11.5. The minimum Gasteiger partial charge on any atom is -0.508 e. The highest BCUT2D eigenvalue weighted by molar-refractivity contribution is 7.92. The molecule has 0 aliphatic heterocycles. The molecule has 134 valence electrons. The second-order valence-electron chi connectivity index (χ2n) is 6.40. The van der Waals surface area contributed by atoms with Crippen molar-refractivity contribution in [3.05, 3.63) is 41.0 Å². The van der Waals surface area contributed by atoms with Crippen molar-refractivity contribution in [3.8, 4) is 5.75 Å². The molecule has 0 heterocycles. The number of benzene rings is 2. The molecule has 0 atom stereocenters. The molecule has 2 rings (SSSR count). The van der Waals surface area contributed by atoms with Crippen LogP contribution in [0.15, 0.2) is 39.4 Å². The van der Waals surface area contributed by atoms with Crippen LogP contribution in [0.4, 0.5) is 17.1 Å². The Hall–Kier alpha value is -2.41. The van der Waals surface area contributed by atoms with Crippen LogP contribution in [-0.4, -0.2) is 18.8 Å². The number of anilines is 1. The highest BCUT2D eigenvalue weighted by Crippen LogP contribution is 2.33. The van der Waals surface area contributed by atoms with Gasteiger partial charge in [-0.1, -0.05) is 6.07 Å². The van der Waals surface area contributed by atoms with Gasteiger partial charge in [0.05, 0.1) is 21.5 Å². The third kappa shape index (κ3) is 3.82. The quantitative estimate of drug-likeness (QED) is 0.618. The van der Waals surface area contributed by atoms with E-state index in [1.165, 1.54) is 6.07 Å². The van der Waals surface area contributed by atoms with Gasteiger partial charge in [-0.25, -0.2) is 8.42 Å². The van der Waals surface area contributed by atoms with Crippen molar-refractivity contribution >= 4 is 26.9 Å². The van der Waals surface area contributed by atoms with E-state index in [0.717, 1.165) is 5.56 Å². The summed E-state index contributed by atoms with van der Waals surface area (Å²) in [5.41, 5.74) is 9.17.